The molecule has 1 aliphatic rings. The van der Waals surface area contributed by atoms with Crippen LogP contribution in [0.15, 0.2) is 59.1 Å². The Morgan fingerprint density at radius 2 is 1.83 bits per heavy atom. The van der Waals surface area contributed by atoms with Gasteiger partial charge in [0.2, 0.25) is 0 Å². The number of hydrogen-bond donors (Lipinski definition) is 1. The molecule has 2 aromatic carbocycles. The Morgan fingerprint density at radius 3 is 2.60 bits per heavy atom. The van der Waals surface area contributed by atoms with Crippen molar-refractivity contribution in [3.8, 4) is 11.3 Å². The quantitative estimate of drug-likeness (QED) is 0.372. The summed E-state index contributed by atoms with van der Waals surface area (Å²) in [6, 6.07) is 18.0. The molecule has 0 saturated heterocycles. The summed E-state index contributed by atoms with van der Waals surface area (Å²) in [6.07, 6.45) is 4.26. The molecule has 0 unspecified atom stereocenters. The number of nitrogens with one attached hydrogen (secondary N) is 1. The number of amides is 1. The number of rotatable bonds is 5. The lowest BCUT2D eigenvalue weighted by molar-refractivity contribution is 0.101. The van der Waals surface area contributed by atoms with Crippen molar-refractivity contribution in [3.05, 3.63) is 88.4 Å². The Kier molecular flexibility index (Phi) is 6.05. The Balaban J connectivity index is 1.46. The summed E-state index contributed by atoms with van der Waals surface area (Å²) >= 11 is 0. The van der Waals surface area contributed by atoms with Gasteiger partial charge in [-0.2, -0.15) is 5.10 Å². The van der Waals surface area contributed by atoms with E-state index in [2.05, 4.69) is 31.2 Å². The van der Waals surface area contributed by atoms with Crippen molar-refractivity contribution in [2.24, 2.45) is 0 Å². The zero-order valence-corrected chi connectivity index (χ0v) is 20.9. The molecular formula is C29H32N4O2. The van der Waals surface area contributed by atoms with Gasteiger partial charge in [-0.3, -0.25) is 9.48 Å². The van der Waals surface area contributed by atoms with E-state index >= 15 is 0 Å². The lowest BCUT2D eigenvalue weighted by Crippen LogP contribution is -2.19. The third-order valence-corrected chi connectivity index (χ3v) is 6.66. The maximum Gasteiger partial charge on any atom is 0.273 e. The van der Waals surface area contributed by atoms with E-state index in [1.54, 1.807) is 4.68 Å². The molecule has 1 amide bonds. The van der Waals surface area contributed by atoms with Crippen LogP contribution in [0.2, 0.25) is 0 Å². The van der Waals surface area contributed by atoms with Crippen LogP contribution in [0.1, 0.15) is 72.2 Å². The molecule has 1 N–H and O–H groups in total. The van der Waals surface area contributed by atoms with Crippen molar-refractivity contribution in [3.63, 3.8) is 0 Å². The second-order valence-corrected chi connectivity index (χ2v) is 10.4. The minimum absolute atomic E-state index is 0.168. The van der Waals surface area contributed by atoms with Crippen LogP contribution in [-0.2, 0) is 24.8 Å². The van der Waals surface area contributed by atoms with Crippen molar-refractivity contribution in [2.45, 2.75) is 65.3 Å². The van der Waals surface area contributed by atoms with Crippen molar-refractivity contribution in [1.29, 1.82) is 0 Å². The molecule has 0 fully saturated rings. The van der Waals surface area contributed by atoms with Gasteiger partial charge in [0.15, 0.2) is 5.76 Å². The molecule has 5 rings (SSSR count). The van der Waals surface area contributed by atoms with Crippen LogP contribution < -0.4 is 5.32 Å². The van der Waals surface area contributed by atoms with Gasteiger partial charge in [0.1, 0.15) is 5.69 Å². The normalized spacial score (nSPS) is 13.5. The molecule has 6 heteroatoms. The lowest BCUT2D eigenvalue weighted by Gasteiger charge is -2.14. The molecule has 4 aromatic rings. The van der Waals surface area contributed by atoms with Crippen LogP contribution in [0.3, 0.4) is 0 Å². The van der Waals surface area contributed by atoms with Gasteiger partial charge in [0, 0.05) is 22.2 Å². The summed E-state index contributed by atoms with van der Waals surface area (Å²) in [5.41, 5.74) is 7.31. The van der Waals surface area contributed by atoms with Gasteiger partial charge in [0.25, 0.3) is 5.91 Å². The van der Waals surface area contributed by atoms with Crippen molar-refractivity contribution in [1.82, 2.24) is 14.9 Å². The number of aromatic nitrogens is 3. The van der Waals surface area contributed by atoms with Gasteiger partial charge < -0.3 is 9.84 Å². The van der Waals surface area contributed by atoms with E-state index in [1.807, 2.05) is 61.5 Å². The summed E-state index contributed by atoms with van der Waals surface area (Å²) in [5, 5.41) is 12.2. The number of benzene rings is 2. The second kappa shape index (κ2) is 9.17. The van der Waals surface area contributed by atoms with Crippen molar-refractivity contribution < 1.29 is 9.32 Å². The van der Waals surface area contributed by atoms with Crippen LogP contribution in [0.5, 0.6) is 0 Å². The third-order valence-electron chi connectivity index (χ3n) is 6.66. The molecule has 0 saturated carbocycles. The Bertz CT molecular complexity index is 1360. The van der Waals surface area contributed by atoms with Gasteiger partial charge in [-0.15, -0.1) is 0 Å². The highest BCUT2D eigenvalue weighted by Crippen LogP contribution is 2.34. The van der Waals surface area contributed by atoms with E-state index < -0.39 is 0 Å². The van der Waals surface area contributed by atoms with Crippen LogP contribution in [0.25, 0.3) is 11.3 Å². The summed E-state index contributed by atoms with van der Waals surface area (Å²) in [7, 11) is 0. The zero-order valence-electron chi connectivity index (χ0n) is 20.9. The smallest absolute Gasteiger partial charge is 0.273 e. The Hall–Kier alpha value is -3.67. The summed E-state index contributed by atoms with van der Waals surface area (Å²) in [4.78, 5) is 13.5. The number of aryl methyl sites for hydroxylation is 2. The molecule has 1 aliphatic carbocycles. The van der Waals surface area contributed by atoms with E-state index in [-0.39, 0.29) is 11.3 Å². The summed E-state index contributed by atoms with van der Waals surface area (Å²) in [6.45, 7) is 8.85. The second-order valence-electron chi connectivity index (χ2n) is 10.4. The zero-order chi connectivity index (χ0) is 24.6. The largest absolute Gasteiger partial charge is 0.356 e. The first-order chi connectivity index (χ1) is 16.8. The summed E-state index contributed by atoms with van der Waals surface area (Å²) in [5.74, 6) is 0.642. The van der Waals surface area contributed by atoms with Crippen molar-refractivity contribution in [2.75, 3.05) is 5.32 Å². The van der Waals surface area contributed by atoms with Crippen molar-refractivity contribution >= 4 is 11.6 Å². The first-order valence-corrected chi connectivity index (χ1v) is 12.3. The lowest BCUT2D eigenvalue weighted by atomic mass is 9.92. The van der Waals surface area contributed by atoms with Gasteiger partial charge in [0.05, 0.1) is 17.9 Å². The molecule has 0 bridgehead atoms. The van der Waals surface area contributed by atoms with Crippen LogP contribution >= 0.6 is 0 Å². The molecule has 2 heterocycles. The molecule has 2 aromatic heterocycles. The minimum Gasteiger partial charge on any atom is -0.356 e. The Morgan fingerprint density at radius 1 is 1.06 bits per heavy atom. The van der Waals surface area contributed by atoms with Crippen LogP contribution in [-0.4, -0.2) is 20.8 Å². The van der Waals surface area contributed by atoms with E-state index in [1.165, 1.54) is 5.56 Å². The maximum atomic E-state index is 13.5. The average Bonchev–Trinajstić information content (AvgIpc) is 3.46. The van der Waals surface area contributed by atoms with E-state index in [4.69, 9.17) is 9.62 Å². The number of carbonyl (C=O) groups is 1. The number of fused-ring (bicyclic) bond motifs is 1. The van der Waals surface area contributed by atoms with Gasteiger partial charge in [-0.25, -0.2) is 0 Å². The molecule has 0 spiro atoms. The highest BCUT2D eigenvalue weighted by atomic mass is 16.5. The fraction of sp³-hybridized carbons (Fsp3) is 0.345. The molecule has 0 radical (unpaired) electrons. The predicted molar refractivity (Wildman–Crippen MR) is 138 cm³/mol. The topological polar surface area (TPSA) is 73.0 Å². The number of anilines is 1. The number of hydrogen-bond acceptors (Lipinski definition) is 4. The Labute approximate surface area is 206 Å². The fourth-order valence-corrected chi connectivity index (χ4v) is 4.54. The van der Waals surface area contributed by atoms with E-state index in [0.29, 0.717) is 12.2 Å². The first-order valence-electron chi connectivity index (χ1n) is 12.3. The molecule has 0 atom stereocenters. The molecule has 180 valence electrons. The molecule has 0 aliphatic heterocycles. The summed E-state index contributed by atoms with van der Waals surface area (Å²) < 4.78 is 7.54. The third kappa shape index (κ3) is 4.78. The SMILES string of the molecule is Cc1ccc(-c2onc3c2CCCC3)cc1NC(=O)c1cc(C(C)(C)C)nn1Cc1ccccc1. The number of carbonyl (C=O) groups excluding carboxylic acids is 1. The minimum atomic E-state index is -0.177. The molecule has 6 nitrogen and oxygen atoms in total. The monoisotopic (exact) mass is 468 g/mol. The van der Waals surface area contributed by atoms with Gasteiger partial charge in [-0.05, 0) is 55.9 Å². The predicted octanol–water partition coefficient (Wildman–Crippen LogP) is 6.32. The highest BCUT2D eigenvalue weighted by molar-refractivity contribution is 6.04. The van der Waals surface area contributed by atoms with Crippen LogP contribution in [0.4, 0.5) is 5.69 Å². The molecule has 35 heavy (non-hydrogen) atoms. The van der Waals surface area contributed by atoms with E-state index in [9.17, 15) is 4.79 Å². The van der Waals surface area contributed by atoms with Gasteiger partial charge >= 0.3 is 0 Å². The van der Waals surface area contributed by atoms with Gasteiger partial charge in [-0.1, -0.05) is 68.4 Å². The van der Waals surface area contributed by atoms with E-state index in [0.717, 1.165) is 65.2 Å². The average molecular weight is 469 g/mol. The maximum absolute atomic E-state index is 13.5. The number of nitrogens with zero attached hydrogens (tertiary/aromatic N) is 3. The fourth-order valence-electron chi connectivity index (χ4n) is 4.54. The highest BCUT2D eigenvalue weighted by Gasteiger charge is 2.24. The van der Waals surface area contributed by atoms with Crippen LogP contribution in [0, 0.1) is 6.92 Å². The molecular weight excluding hydrogens is 436 g/mol. The standard InChI is InChI=1S/C29H32N4O2/c1-19-14-15-21(27-22-12-8-9-13-23(22)32-35-27)16-24(19)30-28(34)25-17-26(29(2,3)4)31-33(25)18-20-10-6-5-7-11-20/h5-7,10-11,14-17H,8-9,12-13,18H2,1-4H3,(H,30,34). The first kappa shape index (κ1) is 23.1.